The molecule has 0 fully saturated rings. The van der Waals surface area contributed by atoms with Gasteiger partial charge in [0.2, 0.25) is 0 Å². The van der Waals surface area contributed by atoms with Gasteiger partial charge in [0.15, 0.2) is 0 Å². The molecule has 1 rings (SSSR count). The highest BCUT2D eigenvalue weighted by atomic mass is 16.3. The summed E-state index contributed by atoms with van der Waals surface area (Å²) in [7, 11) is 0. The summed E-state index contributed by atoms with van der Waals surface area (Å²) in [5, 5.41) is 10.3. The van der Waals surface area contributed by atoms with Crippen molar-refractivity contribution in [2.75, 3.05) is 0 Å². The fourth-order valence-electron chi connectivity index (χ4n) is 1.51. The van der Waals surface area contributed by atoms with E-state index in [1.807, 2.05) is 44.2 Å². The van der Waals surface area contributed by atoms with Crippen molar-refractivity contribution in [2.24, 2.45) is 0 Å². The molecule has 0 aliphatic heterocycles. The minimum absolute atomic E-state index is 0.652. The smallest absolute Gasteiger partial charge is 0.0889 e. The molecule has 0 heterocycles. The Kier molecular flexibility index (Phi) is 3.48. The van der Waals surface area contributed by atoms with Gasteiger partial charge >= 0.3 is 0 Å². The fraction of sp³-hybridized carbons (Fsp3) is 0.385. The quantitative estimate of drug-likeness (QED) is 0.724. The third-order valence-corrected chi connectivity index (χ3v) is 2.72. The maximum Gasteiger partial charge on any atom is 0.0889 e. The molecule has 0 amide bonds. The van der Waals surface area contributed by atoms with E-state index in [0.717, 1.165) is 11.1 Å². The molecule has 1 aromatic rings. The van der Waals surface area contributed by atoms with Crippen LogP contribution >= 0.6 is 0 Å². The highest BCUT2D eigenvalue weighted by Gasteiger charge is 2.25. The zero-order chi connectivity index (χ0) is 10.6. The van der Waals surface area contributed by atoms with E-state index >= 15 is 0 Å². The summed E-state index contributed by atoms with van der Waals surface area (Å²) < 4.78 is 0. The van der Waals surface area contributed by atoms with Gasteiger partial charge in [-0.2, -0.15) is 0 Å². The molecule has 0 saturated carbocycles. The minimum atomic E-state index is -0.749. The molecular formula is C13H18O. The van der Waals surface area contributed by atoms with Crippen molar-refractivity contribution < 1.29 is 5.11 Å². The van der Waals surface area contributed by atoms with E-state index in [0.29, 0.717) is 12.8 Å². The summed E-state index contributed by atoms with van der Waals surface area (Å²) in [6.07, 6.45) is 1.36. The molecule has 76 valence electrons. The van der Waals surface area contributed by atoms with Crippen molar-refractivity contribution in [1.29, 1.82) is 0 Å². The molecule has 1 atom stereocenters. The monoisotopic (exact) mass is 190 g/mol. The first-order valence-electron chi connectivity index (χ1n) is 5.01. The van der Waals surface area contributed by atoms with E-state index in [1.165, 1.54) is 0 Å². The third kappa shape index (κ3) is 2.46. The molecule has 1 nitrogen and oxygen atoms in total. The van der Waals surface area contributed by atoms with Crippen molar-refractivity contribution in [3.8, 4) is 0 Å². The topological polar surface area (TPSA) is 20.2 Å². The molecule has 1 N–H and O–H groups in total. The van der Waals surface area contributed by atoms with Gasteiger partial charge in [0.1, 0.15) is 0 Å². The Morgan fingerprint density at radius 2 is 1.93 bits per heavy atom. The molecule has 0 radical (unpaired) electrons. The summed E-state index contributed by atoms with van der Waals surface area (Å²) in [6.45, 7) is 7.71. The van der Waals surface area contributed by atoms with E-state index in [9.17, 15) is 5.11 Å². The van der Waals surface area contributed by atoms with Crippen LogP contribution in [-0.4, -0.2) is 10.7 Å². The van der Waals surface area contributed by atoms with Crippen molar-refractivity contribution >= 4 is 0 Å². The second-order valence-corrected chi connectivity index (χ2v) is 3.83. The van der Waals surface area contributed by atoms with E-state index < -0.39 is 5.60 Å². The fourth-order valence-corrected chi connectivity index (χ4v) is 1.51. The molecule has 0 bridgehead atoms. The summed E-state index contributed by atoms with van der Waals surface area (Å²) in [4.78, 5) is 0. The molecule has 0 saturated heterocycles. The van der Waals surface area contributed by atoms with Crippen LogP contribution in [0.25, 0.3) is 0 Å². The average Bonchev–Trinajstić information content (AvgIpc) is 2.19. The lowest BCUT2D eigenvalue weighted by Crippen LogP contribution is -2.31. The van der Waals surface area contributed by atoms with Crippen molar-refractivity contribution in [2.45, 2.75) is 32.3 Å². The highest BCUT2D eigenvalue weighted by Crippen LogP contribution is 2.24. The zero-order valence-electron chi connectivity index (χ0n) is 8.96. The molecule has 0 aliphatic carbocycles. The molecule has 1 heteroatoms. The number of rotatable bonds is 4. The lowest BCUT2D eigenvalue weighted by molar-refractivity contribution is 0.0750. The Labute approximate surface area is 86.1 Å². The minimum Gasteiger partial charge on any atom is -0.385 e. The summed E-state index contributed by atoms with van der Waals surface area (Å²) in [6, 6.07) is 10.0. The molecule has 14 heavy (non-hydrogen) atoms. The first-order valence-corrected chi connectivity index (χ1v) is 5.01. The predicted octanol–water partition coefficient (Wildman–Crippen LogP) is 2.95. The summed E-state index contributed by atoms with van der Waals surface area (Å²) in [5.74, 6) is 0. The molecule has 1 unspecified atom stereocenters. The van der Waals surface area contributed by atoms with Gasteiger partial charge in [-0.3, -0.25) is 0 Å². The van der Waals surface area contributed by atoms with Crippen molar-refractivity contribution in [1.82, 2.24) is 0 Å². The predicted molar refractivity (Wildman–Crippen MR) is 60.2 cm³/mol. The SMILES string of the molecule is C=C(C)C(O)(CC)Cc1ccccc1. The largest absolute Gasteiger partial charge is 0.385 e. The number of hydrogen-bond acceptors (Lipinski definition) is 1. The number of aliphatic hydroxyl groups is 1. The maximum absolute atomic E-state index is 10.3. The lowest BCUT2D eigenvalue weighted by Gasteiger charge is -2.27. The van der Waals surface area contributed by atoms with Gasteiger partial charge in [0.05, 0.1) is 5.60 Å². The number of hydrogen-bond donors (Lipinski definition) is 1. The number of benzene rings is 1. The van der Waals surface area contributed by atoms with Gasteiger partial charge in [0, 0.05) is 6.42 Å². The van der Waals surface area contributed by atoms with Crippen LogP contribution in [0.4, 0.5) is 0 Å². The molecule has 0 aromatic heterocycles. The molecule has 1 aromatic carbocycles. The van der Waals surface area contributed by atoms with Gasteiger partial charge in [-0.25, -0.2) is 0 Å². The second kappa shape index (κ2) is 4.43. The van der Waals surface area contributed by atoms with Crippen LogP contribution in [0.5, 0.6) is 0 Å². The molecule has 0 aliphatic rings. The standard InChI is InChI=1S/C13H18O/c1-4-13(14,11(2)3)10-12-8-6-5-7-9-12/h5-9,14H,2,4,10H2,1,3H3. The molecule has 0 spiro atoms. The Hall–Kier alpha value is -1.08. The second-order valence-electron chi connectivity index (χ2n) is 3.83. The Morgan fingerprint density at radius 3 is 2.36 bits per heavy atom. The van der Waals surface area contributed by atoms with E-state index in [2.05, 4.69) is 6.58 Å². The Balaban J connectivity index is 2.81. The Morgan fingerprint density at radius 1 is 1.36 bits per heavy atom. The van der Waals surface area contributed by atoms with Gasteiger partial charge in [-0.05, 0) is 24.5 Å². The van der Waals surface area contributed by atoms with Crippen LogP contribution in [-0.2, 0) is 6.42 Å². The zero-order valence-corrected chi connectivity index (χ0v) is 8.96. The first kappa shape index (κ1) is 11.0. The highest BCUT2D eigenvalue weighted by molar-refractivity contribution is 5.22. The van der Waals surface area contributed by atoms with Crippen LogP contribution in [0.1, 0.15) is 25.8 Å². The van der Waals surface area contributed by atoms with Crippen LogP contribution in [0.2, 0.25) is 0 Å². The average molecular weight is 190 g/mol. The van der Waals surface area contributed by atoms with Crippen LogP contribution in [0.15, 0.2) is 42.5 Å². The molecular weight excluding hydrogens is 172 g/mol. The van der Waals surface area contributed by atoms with Gasteiger partial charge in [-0.1, -0.05) is 43.8 Å². The Bertz CT molecular complexity index is 302. The maximum atomic E-state index is 10.3. The van der Waals surface area contributed by atoms with Gasteiger partial charge < -0.3 is 5.11 Å². The van der Waals surface area contributed by atoms with Crippen molar-refractivity contribution in [3.05, 3.63) is 48.0 Å². The lowest BCUT2D eigenvalue weighted by atomic mass is 9.86. The van der Waals surface area contributed by atoms with E-state index in [-0.39, 0.29) is 0 Å². The van der Waals surface area contributed by atoms with Crippen LogP contribution in [0, 0.1) is 0 Å². The third-order valence-electron chi connectivity index (χ3n) is 2.72. The van der Waals surface area contributed by atoms with Crippen LogP contribution in [0.3, 0.4) is 0 Å². The first-order chi connectivity index (χ1) is 6.58. The van der Waals surface area contributed by atoms with Gasteiger partial charge in [0.25, 0.3) is 0 Å². The van der Waals surface area contributed by atoms with Gasteiger partial charge in [-0.15, -0.1) is 0 Å². The van der Waals surface area contributed by atoms with Crippen molar-refractivity contribution in [3.63, 3.8) is 0 Å². The van der Waals surface area contributed by atoms with E-state index in [1.54, 1.807) is 0 Å². The van der Waals surface area contributed by atoms with Crippen LogP contribution < -0.4 is 0 Å². The summed E-state index contributed by atoms with van der Waals surface area (Å²) >= 11 is 0. The summed E-state index contributed by atoms with van der Waals surface area (Å²) in [5.41, 5.74) is 1.24. The van der Waals surface area contributed by atoms with E-state index in [4.69, 9.17) is 0 Å². The normalized spacial score (nSPS) is 14.8.